The number of hydrogen-bond acceptors (Lipinski definition) is 6. The van der Waals surface area contributed by atoms with E-state index >= 15 is 0 Å². The third kappa shape index (κ3) is 9.08. The smallest absolute Gasteiger partial charge is 0.407 e. The van der Waals surface area contributed by atoms with E-state index in [2.05, 4.69) is 20.8 Å². The highest BCUT2D eigenvalue weighted by Crippen LogP contribution is 2.32. The van der Waals surface area contributed by atoms with Crippen molar-refractivity contribution in [2.45, 2.75) is 71.8 Å². The lowest BCUT2D eigenvalue weighted by Crippen LogP contribution is -2.37. The highest BCUT2D eigenvalue weighted by molar-refractivity contribution is 5.97. The zero-order chi connectivity index (χ0) is 34.4. The van der Waals surface area contributed by atoms with E-state index in [4.69, 9.17) is 4.74 Å². The Kier molecular flexibility index (Phi) is 10.6. The molecule has 1 saturated carbocycles. The Hall–Kier alpha value is -4.99. The van der Waals surface area contributed by atoms with E-state index in [0.29, 0.717) is 18.7 Å². The Labute approximate surface area is 280 Å². The number of alkyl carbamates (subject to hydrolysis) is 1. The first kappa shape index (κ1) is 34.3. The second-order valence-electron chi connectivity index (χ2n) is 13.9. The average Bonchev–Trinajstić information content (AvgIpc) is 3.51. The van der Waals surface area contributed by atoms with E-state index in [9.17, 15) is 24.3 Å². The number of ether oxygens (including phenoxy) is 1. The van der Waals surface area contributed by atoms with Crippen molar-refractivity contribution in [1.29, 1.82) is 0 Å². The molecule has 1 heterocycles. The Balaban J connectivity index is 1.25. The minimum atomic E-state index is -0.966. The number of aromatic carboxylic acids is 1. The van der Waals surface area contributed by atoms with Crippen molar-refractivity contribution < 1.29 is 29.0 Å². The number of anilines is 1. The second-order valence-corrected chi connectivity index (χ2v) is 13.9. The molecule has 1 aromatic heterocycles. The van der Waals surface area contributed by atoms with Gasteiger partial charge in [0.2, 0.25) is 5.91 Å². The maximum atomic E-state index is 13.7. The van der Waals surface area contributed by atoms with E-state index in [1.165, 1.54) is 0 Å². The van der Waals surface area contributed by atoms with Crippen molar-refractivity contribution in [2.75, 3.05) is 11.9 Å². The summed E-state index contributed by atoms with van der Waals surface area (Å²) in [6.45, 7) is 7.88. The lowest BCUT2D eigenvalue weighted by Gasteiger charge is -2.29. The van der Waals surface area contributed by atoms with Crippen LogP contribution in [0.4, 0.5) is 10.5 Å². The van der Waals surface area contributed by atoms with Crippen molar-refractivity contribution >= 4 is 40.3 Å². The quantitative estimate of drug-likeness (QED) is 0.133. The third-order valence-electron chi connectivity index (χ3n) is 8.98. The predicted octanol–water partition coefficient (Wildman–Crippen LogP) is 7.32. The Bertz CT molecular complexity index is 1780. The van der Waals surface area contributed by atoms with Crippen LogP contribution >= 0.6 is 0 Å². The zero-order valence-electron chi connectivity index (χ0n) is 28.0. The van der Waals surface area contributed by atoms with Crippen LogP contribution in [0.2, 0.25) is 0 Å². The lowest BCUT2D eigenvalue weighted by atomic mass is 9.77. The molecule has 5 rings (SSSR count). The summed E-state index contributed by atoms with van der Waals surface area (Å²) in [4.78, 5) is 50.8. The van der Waals surface area contributed by atoms with Crippen molar-refractivity contribution in [1.82, 2.24) is 15.5 Å². The molecule has 0 bridgehead atoms. The van der Waals surface area contributed by atoms with Gasteiger partial charge in [0.15, 0.2) is 0 Å². The molecule has 10 heteroatoms. The molecule has 0 unspecified atom stereocenters. The van der Waals surface area contributed by atoms with E-state index in [1.807, 2.05) is 76.2 Å². The van der Waals surface area contributed by atoms with Gasteiger partial charge < -0.3 is 20.5 Å². The Morgan fingerprint density at radius 1 is 0.979 bits per heavy atom. The molecule has 1 aliphatic carbocycles. The molecule has 10 nitrogen and oxygen atoms in total. The minimum Gasteiger partial charge on any atom is -0.478 e. The van der Waals surface area contributed by atoms with Gasteiger partial charge in [0.05, 0.1) is 17.3 Å². The number of aromatic amines is 1. The number of carboxylic acids is 1. The molecule has 0 saturated heterocycles. The number of rotatable bonds is 11. The van der Waals surface area contributed by atoms with Crippen LogP contribution in [-0.2, 0) is 20.7 Å². The molecule has 3 aromatic carbocycles. The number of carbonyl (C=O) groups is 4. The first-order chi connectivity index (χ1) is 22.8. The van der Waals surface area contributed by atoms with Crippen LogP contribution in [0.3, 0.4) is 0 Å². The van der Waals surface area contributed by atoms with Gasteiger partial charge in [0.25, 0.3) is 0 Å². The first-order valence-electron chi connectivity index (χ1n) is 16.5. The summed E-state index contributed by atoms with van der Waals surface area (Å²) in [5.41, 5.74) is 4.77. The van der Waals surface area contributed by atoms with Gasteiger partial charge in [-0.25, -0.2) is 9.59 Å². The van der Waals surface area contributed by atoms with Gasteiger partial charge in [-0.05, 0) is 118 Å². The highest BCUT2D eigenvalue weighted by atomic mass is 16.6. The SMILES string of the molecule is Cc1cc(C(=O)O)ccc1-c1ccc(C[C@H](CC(=O)C2CCC(CNC(=O)OC(C)(C)C)CC2)C(=O)Nc2ccc3cn[nH]c3c2)cc1. The number of carbonyl (C=O) groups excluding carboxylic acids is 3. The monoisotopic (exact) mass is 652 g/mol. The Morgan fingerprint density at radius 2 is 1.71 bits per heavy atom. The summed E-state index contributed by atoms with van der Waals surface area (Å²) in [5, 5.41) is 23.1. The van der Waals surface area contributed by atoms with E-state index in [0.717, 1.165) is 58.8 Å². The first-order valence-corrected chi connectivity index (χ1v) is 16.5. The molecule has 2 amide bonds. The molecule has 0 radical (unpaired) electrons. The molecular weight excluding hydrogens is 608 g/mol. The minimum absolute atomic E-state index is 0.0866. The van der Waals surface area contributed by atoms with Crippen LogP contribution in [0, 0.1) is 24.7 Å². The zero-order valence-corrected chi connectivity index (χ0v) is 28.0. The van der Waals surface area contributed by atoms with Crippen LogP contribution in [0.25, 0.3) is 22.0 Å². The summed E-state index contributed by atoms with van der Waals surface area (Å²) < 4.78 is 5.34. The van der Waals surface area contributed by atoms with Gasteiger partial charge >= 0.3 is 12.1 Å². The maximum Gasteiger partial charge on any atom is 0.407 e. The maximum absolute atomic E-state index is 13.7. The number of nitrogens with one attached hydrogen (secondary N) is 3. The number of aromatic nitrogens is 2. The highest BCUT2D eigenvalue weighted by Gasteiger charge is 2.31. The summed E-state index contributed by atoms with van der Waals surface area (Å²) >= 11 is 0. The number of H-pyrrole nitrogens is 1. The van der Waals surface area contributed by atoms with Gasteiger partial charge in [-0.1, -0.05) is 30.3 Å². The number of benzene rings is 3. The van der Waals surface area contributed by atoms with Crippen LogP contribution in [0.15, 0.2) is 66.9 Å². The van der Waals surface area contributed by atoms with Gasteiger partial charge in [-0.2, -0.15) is 5.10 Å². The van der Waals surface area contributed by atoms with Gasteiger partial charge in [0, 0.05) is 35.9 Å². The van der Waals surface area contributed by atoms with Crippen LogP contribution in [-0.4, -0.2) is 51.2 Å². The fourth-order valence-corrected chi connectivity index (χ4v) is 6.38. The normalized spacial score (nSPS) is 17.0. The molecule has 252 valence electrons. The number of aryl methyl sites for hydroxylation is 1. The van der Waals surface area contributed by atoms with Crippen molar-refractivity contribution in [3.8, 4) is 11.1 Å². The summed E-state index contributed by atoms with van der Waals surface area (Å²) in [5.74, 6) is -1.53. The van der Waals surface area contributed by atoms with E-state index < -0.39 is 23.6 Å². The summed E-state index contributed by atoms with van der Waals surface area (Å²) in [7, 11) is 0. The van der Waals surface area contributed by atoms with Crippen LogP contribution in [0.1, 0.15) is 74.4 Å². The Morgan fingerprint density at radius 3 is 2.38 bits per heavy atom. The lowest BCUT2D eigenvalue weighted by molar-refractivity contribution is -0.129. The molecule has 1 fully saturated rings. The summed E-state index contributed by atoms with van der Waals surface area (Å²) in [6.07, 6.45) is 4.88. The average molecular weight is 653 g/mol. The number of nitrogens with zero attached hydrogens (tertiary/aromatic N) is 1. The molecule has 0 aliphatic heterocycles. The number of Topliss-reactive ketones (excluding diaryl/α,β-unsaturated/α-hetero) is 1. The standard InChI is InChI=1S/C38H44N4O6/c1-23-17-28(36(45)46)14-16-32(23)26-9-5-24(6-10-26)18-30(35(44)41-31-15-13-29-22-40-42-33(29)20-31)19-34(43)27-11-7-25(8-12-27)21-39-37(47)48-38(2,3)4/h5-6,9-10,13-17,20,22,25,27,30H,7-8,11-12,18-19,21H2,1-4H3,(H,39,47)(H,40,42)(H,41,44)(H,45,46)/t25?,27?,30-/m1/s1. The molecule has 4 aromatic rings. The van der Waals surface area contributed by atoms with E-state index in [-0.39, 0.29) is 35.5 Å². The van der Waals surface area contributed by atoms with Crippen LogP contribution in [0.5, 0.6) is 0 Å². The van der Waals surface area contributed by atoms with Gasteiger partial charge in [-0.3, -0.25) is 14.7 Å². The number of amides is 2. The number of fused-ring (bicyclic) bond motifs is 1. The number of carboxylic acid groups (broad SMARTS) is 1. The van der Waals surface area contributed by atoms with E-state index in [1.54, 1.807) is 18.3 Å². The molecule has 1 aliphatic rings. The molecule has 48 heavy (non-hydrogen) atoms. The van der Waals surface area contributed by atoms with Gasteiger partial charge in [-0.15, -0.1) is 0 Å². The number of hydrogen-bond donors (Lipinski definition) is 4. The third-order valence-corrected chi connectivity index (χ3v) is 8.98. The molecule has 1 atom stereocenters. The van der Waals surface area contributed by atoms with Crippen molar-refractivity contribution in [3.05, 3.63) is 83.6 Å². The van der Waals surface area contributed by atoms with Crippen LogP contribution < -0.4 is 10.6 Å². The summed E-state index contributed by atoms with van der Waals surface area (Å²) in [6, 6.07) is 18.5. The largest absolute Gasteiger partial charge is 0.478 e. The van der Waals surface area contributed by atoms with Gasteiger partial charge in [0.1, 0.15) is 11.4 Å². The fourth-order valence-electron chi connectivity index (χ4n) is 6.38. The predicted molar refractivity (Wildman–Crippen MR) is 185 cm³/mol. The topological polar surface area (TPSA) is 150 Å². The van der Waals surface area contributed by atoms with Crippen molar-refractivity contribution in [2.24, 2.45) is 17.8 Å². The molecular formula is C38H44N4O6. The molecule has 0 spiro atoms. The second kappa shape index (κ2) is 14.8. The van der Waals surface area contributed by atoms with Crippen molar-refractivity contribution in [3.63, 3.8) is 0 Å². The number of ketones is 1. The fraction of sp³-hybridized carbons (Fsp3) is 0.395. The molecule has 4 N–H and O–H groups in total.